The molecule has 75 heavy (non-hydrogen) atoms. The Labute approximate surface area is 456 Å². The molecule has 0 saturated carbocycles. The molecule has 3 aromatic heterocycles. The molecule has 0 aliphatic heterocycles. The van der Waals surface area contributed by atoms with Crippen molar-refractivity contribution in [3.05, 3.63) is 220 Å². The molecule has 6 heteroatoms. The van der Waals surface area contributed by atoms with Crippen LogP contribution in [0.5, 0.6) is 11.5 Å². The van der Waals surface area contributed by atoms with Crippen LogP contribution in [0.15, 0.2) is 176 Å². The first-order valence-electron chi connectivity index (χ1n) is 27.6. The third-order valence-corrected chi connectivity index (χ3v) is 16.3. The third-order valence-electron chi connectivity index (χ3n) is 15.3. The van der Waals surface area contributed by atoms with Crippen LogP contribution in [0, 0.1) is 22.8 Å². The number of hydrogen-bond acceptors (Lipinski definition) is 2. The minimum Gasteiger partial charge on any atom is -0.0622 e. The molecule has 5 nitrogen and oxygen atoms in total. The molecule has 0 amide bonds. The number of fused-ring (bicyclic) bond motifs is 5. The van der Waals surface area contributed by atoms with Crippen LogP contribution >= 0.6 is 0 Å². The molecule has 0 N–H and O–H groups in total. The van der Waals surface area contributed by atoms with E-state index in [4.69, 9.17) is 13.8 Å². The Kier molecular flexibility index (Phi) is 11.1. The molecular formula is C69H62N4OPt-2. The molecule has 0 fully saturated rings. The minimum atomic E-state index is -2.40. The maximum atomic E-state index is 8.73. The summed E-state index contributed by atoms with van der Waals surface area (Å²) in [7, 11) is 0. The molecule has 3 heterocycles. The third kappa shape index (κ3) is 8.73. The van der Waals surface area contributed by atoms with Gasteiger partial charge in [-0.2, -0.15) is 0 Å². The van der Waals surface area contributed by atoms with Gasteiger partial charge in [0.25, 0.3) is 0 Å². The normalized spacial score (nSPS) is 14.5. The number of ether oxygens (including phenoxy) is 1. The molecule has 0 unspecified atom stereocenters. The monoisotopic (exact) mass is 1160 g/mol. The van der Waals surface area contributed by atoms with E-state index >= 15 is 0 Å². The van der Waals surface area contributed by atoms with E-state index in [1.807, 2.05) is 48.5 Å². The number of rotatable bonds is 8. The van der Waals surface area contributed by atoms with E-state index in [0.717, 1.165) is 89.5 Å². The van der Waals surface area contributed by atoms with Gasteiger partial charge in [-0.25, -0.2) is 0 Å². The van der Waals surface area contributed by atoms with Gasteiger partial charge in [-0.1, -0.05) is 44.2 Å². The molecule has 1 aliphatic rings. The van der Waals surface area contributed by atoms with E-state index in [1.165, 1.54) is 27.8 Å². The van der Waals surface area contributed by atoms with Gasteiger partial charge in [-0.15, -0.1) is 0 Å². The van der Waals surface area contributed by atoms with Crippen molar-refractivity contribution in [2.24, 2.45) is 0 Å². The minimum absolute atomic E-state index is 0.0275. The van der Waals surface area contributed by atoms with Crippen LogP contribution in [0.2, 0.25) is 0 Å². The average molecular weight is 1160 g/mol. The molecular weight excluding hydrogens is 1100 g/mol. The molecule has 11 aromatic rings. The molecule has 0 atom stereocenters. The van der Waals surface area contributed by atoms with Crippen LogP contribution in [0.3, 0.4) is 0 Å². The van der Waals surface area contributed by atoms with Crippen LogP contribution in [-0.2, 0) is 42.0 Å². The quantitative estimate of drug-likeness (QED) is 0.142. The Hall–Kier alpha value is -7.33. The number of pyridine rings is 1. The molecule has 0 radical (unpaired) electrons. The van der Waals surface area contributed by atoms with E-state index < -0.39 is 6.85 Å². The van der Waals surface area contributed by atoms with Gasteiger partial charge in [-0.3, -0.25) is 0 Å². The topological polar surface area (TPSA) is 36.9 Å². The summed E-state index contributed by atoms with van der Waals surface area (Å²) in [4.78, 5) is 5.05. The van der Waals surface area contributed by atoms with Crippen LogP contribution in [0.4, 0.5) is 0 Å². The second-order valence-electron chi connectivity index (χ2n) is 22.9. The van der Waals surface area contributed by atoms with Crippen molar-refractivity contribution in [1.82, 2.24) is 18.7 Å². The summed E-state index contributed by atoms with van der Waals surface area (Å²) in [6, 6.07) is 66.6. The van der Waals surface area contributed by atoms with Gasteiger partial charge in [-0.05, 0) is 53.8 Å². The van der Waals surface area contributed by atoms with Crippen molar-refractivity contribution in [3.63, 3.8) is 0 Å². The molecule has 0 bridgehead atoms. The van der Waals surface area contributed by atoms with Gasteiger partial charge in [0.15, 0.2) is 0 Å². The number of para-hydroxylation sites is 3. The SMILES string of the molecule is [2H]C([2H])([2H])c1cc(-n2c3[c-]c(Oc4[c-]c(-n5[c](=[Pt])n(-c6c(-c7ccccc7)cccc6-c6cc(C(C)(C)C)cc(C(C)(C)C)c6)c6ccccc65)ccc4)ccc3c3cc4c(cc32)C(C)(C)CCC4)ncc1-c1ccccc1. The second kappa shape index (κ2) is 18.5. The van der Waals surface area contributed by atoms with E-state index in [9.17, 15) is 0 Å². The fourth-order valence-corrected chi connectivity index (χ4v) is 12.3. The first-order valence-corrected chi connectivity index (χ1v) is 27.2. The zero-order chi connectivity index (χ0) is 54.5. The van der Waals surface area contributed by atoms with Crippen LogP contribution in [-0.4, -0.2) is 18.7 Å². The smallest absolute Gasteiger partial charge is 0.0622 e. The van der Waals surface area contributed by atoms with Crippen molar-refractivity contribution in [2.45, 2.75) is 97.7 Å². The van der Waals surface area contributed by atoms with E-state index in [1.54, 1.807) is 12.3 Å². The Bertz CT molecular complexity index is 4170. The summed E-state index contributed by atoms with van der Waals surface area (Å²) in [5, 5.41) is 2.05. The van der Waals surface area contributed by atoms with Gasteiger partial charge in [0, 0.05) is 15.9 Å². The zero-order valence-electron chi connectivity index (χ0n) is 46.9. The summed E-state index contributed by atoms with van der Waals surface area (Å²) in [6.07, 6.45) is 4.92. The summed E-state index contributed by atoms with van der Waals surface area (Å²) in [6.45, 7) is 16.0. The molecule has 8 aromatic carbocycles. The van der Waals surface area contributed by atoms with E-state index in [2.05, 4.69) is 216 Å². The van der Waals surface area contributed by atoms with Gasteiger partial charge < -0.3 is 0 Å². The number of nitrogens with zero attached hydrogens (tertiary/aromatic N) is 4. The molecule has 12 rings (SSSR count). The number of aryl methyl sites for hydroxylation is 2. The predicted octanol–water partition coefficient (Wildman–Crippen LogP) is 17.9. The predicted molar refractivity (Wildman–Crippen MR) is 307 cm³/mol. The van der Waals surface area contributed by atoms with Crippen LogP contribution < -0.4 is 4.74 Å². The summed E-state index contributed by atoms with van der Waals surface area (Å²) >= 11 is 2.49. The Morgan fingerprint density at radius 3 is 1.89 bits per heavy atom. The van der Waals surface area contributed by atoms with Crippen molar-refractivity contribution >= 4 is 32.8 Å². The number of benzene rings is 8. The number of imidazole rings is 1. The van der Waals surface area contributed by atoms with Gasteiger partial charge in [0.1, 0.15) is 0 Å². The second-order valence-corrected chi connectivity index (χ2v) is 23.9. The fourth-order valence-electron chi connectivity index (χ4n) is 11.2. The number of aromatic nitrogens is 4. The zero-order valence-corrected chi connectivity index (χ0v) is 46.2. The molecule has 0 saturated heterocycles. The fraction of sp³-hybridized carbons (Fsp3) is 0.217. The van der Waals surface area contributed by atoms with Gasteiger partial charge >= 0.3 is 346 Å². The van der Waals surface area contributed by atoms with Gasteiger partial charge in [0.05, 0.1) is 0 Å². The molecule has 376 valence electrons. The van der Waals surface area contributed by atoms with Crippen molar-refractivity contribution < 1.29 is 28.2 Å². The first kappa shape index (κ1) is 45.1. The summed E-state index contributed by atoms with van der Waals surface area (Å²) in [5.41, 5.74) is 17.0. The average Bonchev–Trinajstić information content (AvgIpc) is 4.13. The van der Waals surface area contributed by atoms with E-state index in [-0.39, 0.29) is 21.8 Å². The summed E-state index contributed by atoms with van der Waals surface area (Å²) < 4.78 is 40.8. The summed E-state index contributed by atoms with van der Waals surface area (Å²) in [5.74, 6) is 1.53. The van der Waals surface area contributed by atoms with Gasteiger partial charge in [0.2, 0.25) is 0 Å². The Morgan fingerprint density at radius 2 is 1.21 bits per heavy atom. The van der Waals surface area contributed by atoms with E-state index in [0.29, 0.717) is 22.9 Å². The maximum absolute atomic E-state index is 8.73. The van der Waals surface area contributed by atoms with Crippen molar-refractivity contribution in [2.75, 3.05) is 0 Å². The molecule has 0 spiro atoms. The van der Waals surface area contributed by atoms with Crippen LogP contribution in [0.25, 0.3) is 83.4 Å². The Balaban J connectivity index is 1.01. The first-order chi connectivity index (χ1) is 37.2. The number of hydrogen-bond donors (Lipinski definition) is 0. The standard InChI is InChI=1S/C69H62N4O.Pt/c1-45-35-65(70-43-59(45)47-23-14-11-15-24-47)73-63-41-54(32-33-57(63)58-38-48-25-20-34-69(8,9)60(48)42-64(58)73)74-53-27-18-26-52(40-53)71-44-72(62-31-17-16-30-61(62)71)66-55(46-21-12-10-13-22-46)28-19-29-56(66)49-36-50(67(2,3)4)39-51(37-49)68(5,6)7;/h10-19,21-24,26-33,35-39,42-43H,20,25,34H2,1-9H3;/q-2;/i1D3;. The van der Waals surface area contributed by atoms with Crippen molar-refractivity contribution in [3.8, 4) is 62.1 Å². The van der Waals surface area contributed by atoms with Crippen molar-refractivity contribution in [1.29, 1.82) is 0 Å². The molecule has 1 aliphatic carbocycles. The van der Waals surface area contributed by atoms with Crippen LogP contribution in [0.1, 0.15) is 100 Å². The Morgan fingerprint density at radius 1 is 0.587 bits per heavy atom.